The molecule has 110 valence electrons. The van der Waals surface area contributed by atoms with Crippen molar-refractivity contribution in [3.63, 3.8) is 0 Å². The van der Waals surface area contributed by atoms with Crippen LogP contribution < -0.4 is 5.32 Å². The number of carboxylic acid groups (broad SMARTS) is 1. The van der Waals surface area contributed by atoms with Gasteiger partial charge in [-0.25, -0.2) is 0 Å². The zero-order valence-electron chi connectivity index (χ0n) is 12.6. The van der Waals surface area contributed by atoms with E-state index in [1.54, 1.807) is 0 Å². The molecule has 4 heteroatoms. The van der Waals surface area contributed by atoms with Crippen molar-refractivity contribution in [2.24, 2.45) is 10.8 Å². The molecule has 1 amide bonds. The van der Waals surface area contributed by atoms with Crippen molar-refractivity contribution in [2.45, 2.75) is 72.3 Å². The highest BCUT2D eigenvalue weighted by atomic mass is 16.4. The SMILES string of the molecule is CCC(CC)(CC(=O)NC1CCC(C)(C)C1)C(=O)O. The minimum atomic E-state index is -0.905. The summed E-state index contributed by atoms with van der Waals surface area (Å²) in [7, 11) is 0. The quantitative estimate of drug-likeness (QED) is 0.779. The zero-order valence-corrected chi connectivity index (χ0v) is 12.6. The number of aliphatic carboxylic acids is 1. The molecule has 0 aromatic carbocycles. The van der Waals surface area contributed by atoms with Gasteiger partial charge in [0.1, 0.15) is 0 Å². The van der Waals surface area contributed by atoms with Gasteiger partial charge in [0.05, 0.1) is 5.41 Å². The second-order valence-electron chi connectivity index (χ2n) is 6.64. The normalized spacial score (nSPS) is 22.2. The average molecular weight is 269 g/mol. The highest BCUT2D eigenvalue weighted by Gasteiger charge is 2.38. The fourth-order valence-corrected chi connectivity index (χ4v) is 3.02. The van der Waals surface area contributed by atoms with Gasteiger partial charge in [0.25, 0.3) is 0 Å². The maximum atomic E-state index is 12.1. The van der Waals surface area contributed by atoms with Crippen LogP contribution in [-0.4, -0.2) is 23.0 Å². The molecule has 0 aromatic heterocycles. The van der Waals surface area contributed by atoms with Crippen molar-refractivity contribution in [3.05, 3.63) is 0 Å². The molecular weight excluding hydrogens is 242 g/mol. The molecule has 1 fully saturated rings. The predicted octanol–water partition coefficient (Wildman–Crippen LogP) is 2.96. The zero-order chi connectivity index (χ0) is 14.7. The van der Waals surface area contributed by atoms with Gasteiger partial charge in [-0.2, -0.15) is 0 Å². The van der Waals surface area contributed by atoms with Gasteiger partial charge >= 0.3 is 5.97 Å². The molecule has 1 aliphatic rings. The summed E-state index contributed by atoms with van der Waals surface area (Å²) < 4.78 is 0. The molecule has 1 saturated carbocycles. The van der Waals surface area contributed by atoms with Gasteiger partial charge in [0.2, 0.25) is 5.91 Å². The summed E-state index contributed by atoms with van der Waals surface area (Å²) in [6.45, 7) is 8.09. The molecule has 1 aliphatic carbocycles. The summed E-state index contributed by atoms with van der Waals surface area (Å²) in [5, 5.41) is 12.3. The van der Waals surface area contributed by atoms with Crippen LogP contribution in [0.3, 0.4) is 0 Å². The molecule has 0 aliphatic heterocycles. The van der Waals surface area contributed by atoms with E-state index in [9.17, 15) is 14.7 Å². The van der Waals surface area contributed by atoms with E-state index < -0.39 is 11.4 Å². The number of carbonyl (C=O) groups excluding carboxylic acids is 1. The van der Waals surface area contributed by atoms with Crippen molar-refractivity contribution in [3.8, 4) is 0 Å². The molecule has 1 rings (SSSR count). The van der Waals surface area contributed by atoms with E-state index >= 15 is 0 Å². The molecule has 19 heavy (non-hydrogen) atoms. The van der Waals surface area contributed by atoms with Crippen molar-refractivity contribution < 1.29 is 14.7 Å². The number of amides is 1. The van der Waals surface area contributed by atoms with Crippen LogP contribution in [0.5, 0.6) is 0 Å². The van der Waals surface area contributed by atoms with Crippen molar-refractivity contribution in [1.29, 1.82) is 0 Å². The first-order valence-electron chi connectivity index (χ1n) is 7.27. The minimum absolute atomic E-state index is 0.0895. The Balaban J connectivity index is 2.57. The molecule has 0 bridgehead atoms. The molecular formula is C15H27NO3. The van der Waals surface area contributed by atoms with Crippen LogP contribution >= 0.6 is 0 Å². The van der Waals surface area contributed by atoms with Gasteiger partial charge in [0, 0.05) is 12.5 Å². The average Bonchev–Trinajstić information content (AvgIpc) is 2.65. The lowest BCUT2D eigenvalue weighted by molar-refractivity contribution is -0.152. The summed E-state index contributed by atoms with van der Waals surface area (Å²) in [5.41, 5.74) is -0.616. The standard InChI is InChI=1S/C15H27NO3/c1-5-15(6-2,13(18)19)10-12(17)16-11-7-8-14(3,4)9-11/h11H,5-10H2,1-4H3,(H,16,17)(H,18,19). The number of rotatable bonds is 6. The number of hydrogen-bond acceptors (Lipinski definition) is 2. The summed E-state index contributed by atoms with van der Waals surface area (Å²) in [5.74, 6) is -0.979. The van der Waals surface area contributed by atoms with Gasteiger partial charge in [-0.05, 0) is 37.5 Å². The Morgan fingerprint density at radius 2 is 1.89 bits per heavy atom. The molecule has 0 radical (unpaired) electrons. The fourth-order valence-electron chi connectivity index (χ4n) is 3.02. The van der Waals surface area contributed by atoms with Gasteiger partial charge in [-0.3, -0.25) is 9.59 Å². The van der Waals surface area contributed by atoms with Crippen molar-refractivity contribution in [1.82, 2.24) is 5.32 Å². The molecule has 0 heterocycles. The lowest BCUT2D eigenvalue weighted by Crippen LogP contribution is -2.40. The van der Waals surface area contributed by atoms with E-state index in [4.69, 9.17) is 0 Å². The predicted molar refractivity (Wildman–Crippen MR) is 74.8 cm³/mol. The Labute approximate surface area is 116 Å². The third-order valence-corrected chi connectivity index (χ3v) is 4.64. The molecule has 1 atom stereocenters. The minimum Gasteiger partial charge on any atom is -0.481 e. The Hall–Kier alpha value is -1.06. The smallest absolute Gasteiger partial charge is 0.310 e. The lowest BCUT2D eigenvalue weighted by Gasteiger charge is -2.27. The number of nitrogens with one attached hydrogen (secondary N) is 1. The Kier molecular flexibility index (Phi) is 4.99. The second-order valence-corrected chi connectivity index (χ2v) is 6.64. The van der Waals surface area contributed by atoms with E-state index in [1.165, 1.54) is 0 Å². The summed E-state index contributed by atoms with van der Waals surface area (Å²) >= 11 is 0. The fraction of sp³-hybridized carbons (Fsp3) is 0.867. The molecule has 0 aromatic rings. The third-order valence-electron chi connectivity index (χ3n) is 4.64. The van der Waals surface area contributed by atoms with Crippen LogP contribution in [0.25, 0.3) is 0 Å². The maximum absolute atomic E-state index is 12.1. The third kappa shape index (κ3) is 3.95. The van der Waals surface area contributed by atoms with Crippen molar-refractivity contribution >= 4 is 11.9 Å². The highest BCUT2D eigenvalue weighted by molar-refractivity contribution is 5.85. The number of hydrogen-bond donors (Lipinski definition) is 2. The molecule has 0 saturated heterocycles. The maximum Gasteiger partial charge on any atom is 0.310 e. The van der Waals surface area contributed by atoms with E-state index in [0.717, 1.165) is 19.3 Å². The first kappa shape index (κ1) is 16.0. The molecule has 0 spiro atoms. The van der Waals surface area contributed by atoms with Crippen LogP contribution in [0.1, 0.15) is 66.2 Å². The summed E-state index contributed by atoms with van der Waals surface area (Å²) in [6.07, 6.45) is 4.16. The lowest BCUT2D eigenvalue weighted by atomic mass is 9.79. The largest absolute Gasteiger partial charge is 0.481 e. The van der Waals surface area contributed by atoms with E-state index in [0.29, 0.717) is 12.8 Å². The summed E-state index contributed by atoms with van der Waals surface area (Å²) in [6, 6.07) is 0.211. The van der Waals surface area contributed by atoms with Crippen LogP contribution in [0.4, 0.5) is 0 Å². The van der Waals surface area contributed by atoms with Crippen molar-refractivity contribution in [2.75, 3.05) is 0 Å². The first-order chi connectivity index (χ1) is 8.74. The number of carbonyl (C=O) groups is 2. The Bertz CT molecular complexity index is 345. The number of carboxylic acids is 1. The van der Waals surface area contributed by atoms with E-state index in [-0.39, 0.29) is 23.8 Å². The summed E-state index contributed by atoms with van der Waals surface area (Å²) in [4.78, 5) is 23.5. The van der Waals surface area contributed by atoms with Gasteiger partial charge < -0.3 is 10.4 Å². The Morgan fingerprint density at radius 3 is 2.26 bits per heavy atom. The monoisotopic (exact) mass is 269 g/mol. The van der Waals surface area contributed by atoms with Crippen LogP contribution in [-0.2, 0) is 9.59 Å². The Morgan fingerprint density at radius 1 is 1.32 bits per heavy atom. The van der Waals surface area contributed by atoms with Gasteiger partial charge in [-0.1, -0.05) is 27.7 Å². The van der Waals surface area contributed by atoms with Crippen LogP contribution in [0, 0.1) is 10.8 Å². The molecule has 1 unspecified atom stereocenters. The van der Waals surface area contributed by atoms with Crippen LogP contribution in [0.15, 0.2) is 0 Å². The van der Waals surface area contributed by atoms with Gasteiger partial charge in [0.15, 0.2) is 0 Å². The van der Waals surface area contributed by atoms with E-state index in [1.807, 2.05) is 13.8 Å². The van der Waals surface area contributed by atoms with Crippen LogP contribution in [0.2, 0.25) is 0 Å². The molecule has 2 N–H and O–H groups in total. The van der Waals surface area contributed by atoms with E-state index in [2.05, 4.69) is 19.2 Å². The topological polar surface area (TPSA) is 66.4 Å². The van der Waals surface area contributed by atoms with Gasteiger partial charge in [-0.15, -0.1) is 0 Å². The second kappa shape index (κ2) is 5.93. The highest BCUT2D eigenvalue weighted by Crippen LogP contribution is 2.37. The first-order valence-corrected chi connectivity index (χ1v) is 7.27. The molecule has 4 nitrogen and oxygen atoms in total.